The van der Waals surface area contributed by atoms with Crippen LogP contribution in [0, 0.1) is 6.92 Å². The second kappa shape index (κ2) is 8.80. The van der Waals surface area contributed by atoms with Crippen LogP contribution in [0.5, 0.6) is 5.75 Å². The largest absolute Gasteiger partial charge is 0.490 e. The van der Waals surface area contributed by atoms with Gasteiger partial charge in [0.2, 0.25) is 10.0 Å². The lowest BCUT2D eigenvalue weighted by Gasteiger charge is -2.19. The Morgan fingerprint density at radius 2 is 1.93 bits per heavy atom. The van der Waals surface area contributed by atoms with Crippen molar-refractivity contribution >= 4 is 15.9 Å². The molecule has 1 aliphatic carbocycles. The van der Waals surface area contributed by atoms with Crippen molar-refractivity contribution in [2.45, 2.75) is 37.2 Å². The van der Waals surface area contributed by atoms with Crippen LogP contribution >= 0.6 is 0 Å². The van der Waals surface area contributed by atoms with E-state index in [0.717, 1.165) is 29.7 Å². The fraction of sp³-hybridized carbons (Fsp3) is 0.318. The predicted octanol–water partition coefficient (Wildman–Crippen LogP) is 3.27. The molecule has 1 amide bonds. The highest BCUT2D eigenvalue weighted by atomic mass is 32.2. The van der Waals surface area contributed by atoms with Gasteiger partial charge in [-0.1, -0.05) is 30.9 Å². The van der Waals surface area contributed by atoms with Crippen LogP contribution in [0.4, 0.5) is 0 Å². The normalized spacial score (nSPS) is 13.7. The van der Waals surface area contributed by atoms with Gasteiger partial charge in [-0.15, -0.1) is 0 Å². The molecule has 154 valence electrons. The third-order valence-corrected chi connectivity index (χ3v) is 6.22. The highest BCUT2D eigenvalue weighted by Gasteiger charge is 2.28. The van der Waals surface area contributed by atoms with E-state index in [4.69, 9.17) is 4.74 Å². The van der Waals surface area contributed by atoms with E-state index < -0.39 is 10.0 Å². The van der Waals surface area contributed by atoms with Gasteiger partial charge in [0.15, 0.2) is 0 Å². The minimum Gasteiger partial charge on any atom is -0.490 e. The van der Waals surface area contributed by atoms with E-state index >= 15 is 0 Å². The molecule has 0 unspecified atom stereocenters. The first kappa shape index (κ1) is 21.1. The van der Waals surface area contributed by atoms with Crippen molar-refractivity contribution in [3.05, 3.63) is 71.8 Å². The first-order valence-electron chi connectivity index (χ1n) is 9.51. The third-order valence-electron chi connectivity index (χ3n) is 4.71. The number of nitrogens with one attached hydrogen (secondary N) is 1. The van der Waals surface area contributed by atoms with E-state index in [0.29, 0.717) is 18.7 Å². The first-order valence-corrected chi connectivity index (χ1v) is 11.0. The Morgan fingerprint density at radius 1 is 1.24 bits per heavy atom. The van der Waals surface area contributed by atoms with Crippen molar-refractivity contribution in [1.29, 1.82) is 0 Å². The lowest BCUT2D eigenvalue weighted by atomic mass is 10.1. The number of carbonyl (C=O) groups excluding carboxylic acids is 1. The molecule has 0 atom stereocenters. The summed E-state index contributed by atoms with van der Waals surface area (Å²) in [6, 6.07) is 12.2. The molecule has 2 aromatic rings. The summed E-state index contributed by atoms with van der Waals surface area (Å²) in [5.74, 6) is 0.512. The average Bonchev–Trinajstić information content (AvgIpc) is 3.50. The molecule has 1 saturated carbocycles. The van der Waals surface area contributed by atoms with Gasteiger partial charge in [0, 0.05) is 25.2 Å². The molecular formula is C22H26N2O4S. The van der Waals surface area contributed by atoms with E-state index in [1.54, 1.807) is 37.1 Å². The van der Waals surface area contributed by atoms with Gasteiger partial charge in [-0.2, -0.15) is 0 Å². The fourth-order valence-electron chi connectivity index (χ4n) is 2.88. The number of nitrogens with zero attached hydrogens (tertiary/aromatic N) is 1. The van der Waals surface area contributed by atoms with Crippen molar-refractivity contribution in [3.8, 4) is 5.75 Å². The highest BCUT2D eigenvalue weighted by Crippen LogP contribution is 2.24. The zero-order valence-electron chi connectivity index (χ0n) is 16.7. The number of carbonyl (C=O) groups is 1. The van der Waals surface area contributed by atoms with Gasteiger partial charge in [-0.05, 0) is 55.2 Å². The lowest BCUT2D eigenvalue weighted by molar-refractivity contribution is 0.0784. The van der Waals surface area contributed by atoms with Crippen LogP contribution in [-0.4, -0.2) is 38.9 Å². The summed E-state index contributed by atoms with van der Waals surface area (Å²) in [6.45, 7) is 6.26. The van der Waals surface area contributed by atoms with Crippen molar-refractivity contribution in [3.63, 3.8) is 0 Å². The Hall–Kier alpha value is -2.64. The Morgan fingerprint density at radius 3 is 2.55 bits per heavy atom. The van der Waals surface area contributed by atoms with E-state index in [9.17, 15) is 13.2 Å². The number of ether oxygens (including phenoxy) is 1. The van der Waals surface area contributed by atoms with Crippen LogP contribution in [0.2, 0.25) is 0 Å². The molecule has 0 bridgehead atoms. The first-order chi connectivity index (χ1) is 13.8. The lowest BCUT2D eigenvalue weighted by Crippen LogP contribution is -2.28. The van der Waals surface area contributed by atoms with Gasteiger partial charge in [0.1, 0.15) is 12.4 Å². The summed E-state index contributed by atoms with van der Waals surface area (Å²) in [5.41, 5.74) is 2.07. The smallest absolute Gasteiger partial charge is 0.254 e. The molecule has 0 aromatic heterocycles. The quantitative estimate of drug-likeness (QED) is 0.639. The van der Waals surface area contributed by atoms with Crippen LogP contribution in [0.1, 0.15) is 34.3 Å². The number of hydrogen-bond acceptors (Lipinski definition) is 4. The van der Waals surface area contributed by atoms with Gasteiger partial charge < -0.3 is 9.64 Å². The van der Waals surface area contributed by atoms with Crippen LogP contribution in [0.3, 0.4) is 0 Å². The number of hydrogen-bond donors (Lipinski definition) is 1. The van der Waals surface area contributed by atoms with Crippen molar-refractivity contribution in [1.82, 2.24) is 9.62 Å². The SMILES string of the molecule is C=CCOc1ccc(CN(C)C(=O)c2cc(S(=O)(=O)NC3CC3)ccc2C)cc1. The maximum Gasteiger partial charge on any atom is 0.254 e. The maximum atomic E-state index is 13.0. The van der Waals surface area contributed by atoms with E-state index in [1.807, 2.05) is 24.3 Å². The number of aryl methyl sites for hydroxylation is 1. The average molecular weight is 415 g/mol. The molecule has 7 heteroatoms. The summed E-state index contributed by atoms with van der Waals surface area (Å²) >= 11 is 0. The van der Waals surface area contributed by atoms with Gasteiger partial charge in [0.25, 0.3) is 5.91 Å². The molecule has 2 aromatic carbocycles. The number of amides is 1. The maximum absolute atomic E-state index is 13.0. The highest BCUT2D eigenvalue weighted by molar-refractivity contribution is 7.89. The van der Waals surface area contributed by atoms with Crippen molar-refractivity contribution < 1.29 is 17.9 Å². The Labute approximate surface area is 172 Å². The van der Waals surface area contributed by atoms with E-state index in [-0.39, 0.29) is 16.8 Å². The van der Waals surface area contributed by atoms with Crippen LogP contribution < -0.4 is 9.46 Å². The number of benzene rings is 2. The van der Waals surface area contributed by atoms with E-state index in [1.165, 1.54) is 6.07 Å². The third kappa shape index (κ3) is 5.46. The van der Waals surface area contributed by atoms with Crippen molar-refractivity contribution in [2.24, 2.45) is 0 Å². The zero-order chi connectivity index (χ0) is 21.0. The van der Waals surface area contributed by atoms with Gasteiger partial charge in [0.05, 0.1) is 4.90 Å². The van der Waals surface area contributed by atoms with Crippen LogP contribution in [-0.2, 0) is 16.6 Å². The monoisotopic (exact) mass is 414 g/mol. The molecule has 1 fully saturated rings. The summed E-state index contributed by atoms with van der Waals surface area (Å²) in [7, 11) is -1.91. The van der Waals surface area contributed by atoms with Crippen molar-refractivity contribution in [2.75, 3.05) is 13.7 Å². The molecule has 29 heavy (non-hydrogen) atoms. The summed E-state index contributed by atoms with van der Waals surface area (Å²) < 4.78 is 33.1. The molecule has 0 spiro atoms. The molecule has 1 aliphatic rings. The minimum atomic E-state index is -3.61. The van der Waals surface area contributed by atoms with E-state index in [2.05, 4.69) is 11.3 Å². The molecule has 0 radical (unpaired) electrons. The summed E-state index contributed by atoms with van der Waals surface area (Å²) in [5, 5.41) is 0. The molecule has 0 saturated heterocycles. The standard InChI is InChI=1S/C22H26N2O4S/c1-4-13-28-19-10-6-17(7-11-19)15-24(3)22(25)21-14-20(12-5-16(21)2)29(26,27)23-18-8-9-18/h4-7,10-12,14,18,23H,1,8-9,13,15H2,2-3H3. The predicted molar refractivity (Wildman–Crippen MR) is 112 cm³/mol. The van der Waals surface area contributed by atoms with Crippen LogP contribution in [0.25, 0.3) is 0 Å². The molecular weight excluding hydrogens is 388 g/mol. The molecule has 3 rings (SSSR count). The second-order valence-corrected chi connectivity index (χ2v) is 8.99. The number of sulfonamides is 1. The zero-order valence-corrected chi connectivity index (χ0v) is 17.5. The summed E-state index contributed by atoms with van der Waals surface area (Å²) in [6.07, 6.45) is 3.39. The fourth-order valence-corrected chi connectivity index (χ4v) is 4.22. The second-order valence-electron chi connectivity index (χ2n) is 7.28. The van der Waals surface area contributed by atoms with Gasteiger partial charge >= 0.3 is 0 Å². The Bertz CT molecular complexity index is 996. The van der Waals surface area contributed by atoms with Crippen LogP contribution in [0.15, 0.2) is 60.0 Å². The molecule has 0 aliphatic heterocycles. The molecule has 0 heterocycles. The Kier molecular flexibility index (Phi) is 6.39. The van der Waals surface area contributed by atoms with Gasteiger partial charge in [-0.25, -0.2) is 13.1 Å². The summed E-state index contributed by atoms with van der Waals surface area (Å²) in [4.78, 5) is 14.7. The topological polar surface area (TPSA) is 75.7 Å². The Balaban J connectivity index is 1.73. The molecule has 6 nitrogen and oxygen atoms in total. The molecule has 1 N–H and O–H groups in total. The number of rotatable bonds is 9. The van der Waals surface area contributed by atoms with Gasteiger partial charge in [-0.3, -0.25) is 4.79 Å². The minimum absolute atomic E-state index is 0.0153.